The molecule has 234 valence electrons. The van der Waals surface area contributed by atoms with E-state index in [1.54, 1.807) is 13.1 Å². The first kappa shape index (κ1) is 31.7. The van der Waals surface area contributed by atoms with E-state index in [0.717, 1.165) is 12.5 Å². The van der Waals surface area contributed by atoms with Gasteiger partial charge in [0.25, 0.3) is 0 Å². The lowest BCUT2D eigenvalue weighted by Crippen LogP contribution is -2.70. The second kappa shape index (κ2) is 11.8. The van der Waals surface area contributed by atoms with E-state index in [4.69, 9.17) is 24.4 Å². The summed E-state index contributed by atoms with van der Waals surface area (Å²) in [5.41, 5.74) is -1.04. The van der Waals surface area contributed by atoms with E-state index in [2.05, 4.69) is 10.1 Å². The number of benzene rings is 1. The Morgan fingerprint density at radius 2 is 1.81 bits per heavy atom. The number of likely N-dealkylation sites (N-methyl/N-ethyl adjacent to an activating group) is 1. The van der Waals surface area contributed by atoms with Gasteiger partial charge in [0.05, 0.1) is 23.9 Å². The number of rotatable bonds is 12. The molecule has 1 aromatic carbocycles. The van der Waals surface area contributed by atoms with Gasteiger partial charge in [-0.3, -0.25) is 9.59 Å². The zero-order valence-electron chi connectivity index (χ0n) is 23.6. The van der Waals surface area contributed by atoms with Crippen LogP contribution in [0.5, 0.6) is 11.5 Å². The van der Waals surface area contributed by atoms with Gasteiger partial charge >= 0.3 is 29.8 Å². The first-order valence-electron chi connectivity index (χ1n) is 13.6. The van der Waals surface area contributed by atoms with Gasteiger partial charge in [0.1, 0.15) is 5.76 Å². The standard InChI is InChI=1S/C28H33NO14/c1-4-27-21-13-5-6-14(30)22(21)43-23(27)16(7-8-28(27,39)18(9-13)29-3)41-26(38)15(31)10-20(34)40-12(2)25(37)42-17(24(35)36)11-19(32)33/h5-7,12,15,17-18,23,29-31,39H,4,8-11H2,1-3H3,(H,32,33)(H,35,36)/t12-,15-,17+,18+,23-,27-,28+/m0/s1. The monoisotopic (exact) mass is 607 g/mol. The maximum absolute atomic E-state index is 12.9. The zero-order valence-corrected chi connectivity index (χ0v) is 23.6. The van der Waals surface area contributed by atoms with Gasteiger partial charge in [-0.1, -0.05) is 13.0 Å². The summed E-state index contributed by atoms with van der Waals surface area (Å²) in [6.45, 7) is 2.87. The Morgan fingerprint density at radius 1 is 1.12 bits per heavy atom. The van der Waals surface area contributed by atoms with Gasteiger partial charge in [0.2, 0.25) is 6.10 Å². The molecule has 7 atom stereocenters. The number of carboxylic acid groups (broad SMARTS) is 2. The Morgan fingerprint density at radius 3 is 2.42 bits per heavy atom. The molecule has 1 heterocycles. The molecular formula is C28H33NO14. The van der Waals surface area contributed by atoms with Gasteiger partial charge in [-0.25, -0.2) is 14.4 Å². The maximum atomic E-state index is 12.9. The number of aliphatic carboxylic acids is 2. The summed E-state index contributed by atoms with van der Waals surface area (Å²) >= 11 is 0. The van der Waals surface area contributed by atoms with Crippen LogP contribution in [0, 0.1) is 0 Å². The molecule has 0 radical (unpaired) electrons. The minimum absolute atomic E-state index is 0.0302. The summed E-state index contributed by atoms with van der Waals surface area (Å²) in [7, 11) is 1.72. The number of ether oxygens (including phenoxy) is 4. The molecule has 1 aliphatic heterocycles. The molecule has 0 aromatic heterocycles. The zero-order chi connectivity index (χ0) is 31.9. The molecule has 0 bridgehead atoms. The van der Waals surface area contributed by atoms with Crippen molar-refractivity contribution in [3.63, 3.8) is 0 Å². The van der Waals surface area contributed by atoms with E-state index in [1.165, 1.54) is 12.1 Å². The average molecular weight is 608 g/mol. The third-order valence-electron chi connectivity index (χ3n) is 8.29. The molecule has 0 amide bonds. The molecule has 1 aromatic rings. The van der Waals surface area contributed by atoms with Gasteiger partial charge in [-0.05, 0) is 44.5 Å². The van der Waals surface area contributed by atoms with Gasteiger partial charge in [0, 0.05) is 18.0 Å². The fourth-order valence-corrected chi connectivity index (χ4v) is 6.27. The van der Waals surface area contributed by atoms with Gasteiger partial charge in [-0.15, -0.1) is 0 Å². The minimum atomic E-state index is -2.06. The summed E-state index contributed by atoms with van der Waals surface area (Å²) in [4.78, 5) is 59.1. The first-order valence-corrected chi connectivity index (χ1v) is 13.6. The van der Waals surface area contributed by atoms with Crippen molar-refractivity contribution in [1.82, 2.24) is 5.32 Å². The summed E-state index contributed by atoms with van der Waals surface area (Å²) in [5.74, 6) is -7.11. The first-order chi connectivity index (χ1) is 20.2. The van der Waals surface area contributed by atoms with Crippen molar-refractivity contribution < 1.29 is 68.5 Å². The molecule has 0 saturated heterocycles. The number of carbonyl (C=O) groups excluding carboxylic acids is 3. The number of nitrogens with one attached hydrogen (secondary N) is 1. The summed E-state index contributed by atoms with van der Waals surface area (Å²) in [6, 6.07) is 2.84. The molecule has 0 fully saturated rings. The normalized spacial score (nSPS) is 27.0. The number of hydrogen-bond acceptors (Lipinski definition) is 13. The van der Waals surface area contributed by atoms with Gasteiger partial charge < -0.3 is 49.8 Å². The van der Waals surface area contributed by atoms with Gasteiger partial charge in [0.15, 0.2) is 29.8 Å². The maximum Gasteiger partial charge on any atom is 0.348 e. The fraction of sp³-hybridized carbons (Fsp3) is 0.536. The Balaban J connectivity index is 1.45. The summed E-state index contributed by atoms with van der Waals surface area (Å²) in [5, 5.41) is 54.0. The highest BCUT2D eigenvalue weighted by molar-refractivity contribution is 5.86. The molecular weight excluding hydrogens is 574 g/mol. The largest absolute Gasteiger partial charge is 0.504 e. The van der Waals surface area contributed by atoms with E-state index in [0.29, 0.717) is 18.4 Å². The molecule has 0 spiro atoms. The molecule has 0 saturated carbocycles. The summed E-state index contributed by atoms with van der Waals surface area (Å²) in [6.07, 6.45) is -6.50. The van der Waals surface area contributed by atoms with E-state index in [9.17, 15) is 39.3 Å². The number of hydrogen-bond donors (Lipinski definition) is 6. The van der Waals surface area contributed by atoms with Gasteiger partial charge in [-0.2, -0.15) is 0 Å². The smallest absolute Gasteiger partial charge is 0.348 e. The third-order valence-corrected chi connectivity index (χ3v) is 8.29. The Hall–Kier alpha value is -4.21. The number of aromatic hydroxyl groups is 1. The number of carbonyl (C=O) groups is 5. The van der Waals surface area contributed by atoms with Crippen molar-refractivity contribution in [3.05, 3.63) is 35.1 Å². The van der Waals surface area contributed by atoms with Crippen LogP contribution < -0.4 is 10.1 Å². The second-order valence-corrected chi connectivity index (χ2v) is 10.7. The van der Waals surface area contributed by atoms with Crippen molar-refractivity contribution in [3.8, 4) is 11.5 Å². The number of aliphatic hydroxyl groups excluding tert-OH is 1. The average Bonchev–Trinajstić information content (AvgIpc) is 3.32. The van der Waals surface area contributed by atoms with Crippen molar-refractivity contribution in [2.45, 2.75) is 87.4 Å². The van der Waals surface area contributed by atoms with Crippen LogP contribution in [0.4, 0.5) is 0 Å². The van der Waals surface area contributed by atoms with Crippen LogP contribution >= 0.6 is 0 Å². The quantitative estimate of drug-likeness (QED) is 0.132. The Kier molecular flexibility index (Phi) is 8.72. The van der Waals surface area contributed by atoms with Crippen LogP contribution in [0.2, 0.25) is 0 Å². The van der Waals surface area contributed by atoms with E-state index in [1.807, 2.05) is 6.92 Å². The van der Waals surface area contributed by atoms with Crippen molar-refractivity contribution in [1.29, 1.82) is 0 Å². The van der Waals surface area contributed by atoms with E-state index >= 15 is 0 Å². The van der Waals surface area contributed by atoms with Crippen molar-refractivity contribution in [2.75, 3.05) is 7.05 Å². The van der Waals surface area contributed by atoms with Crippen LogP contribution in [0.1, 0.15) is 50.7 Å². The topological polar surface area (TPSA) is 235 Å². The molecule has 0 unspecified atom stereocenters. The lowest BCUT2D eigenvalue weighted by atomic mass is 9.52. The van der Waals surface area contributed by atoms with Crippen molar-refractivity contribution in [2.24, 2.45) is 0 Å². The van der Waals surface area contributed by atoms with Crippen molar-refractivity contribution >= 4 is 29.8 Å². The SMILES string of the molecule is CC[C@]12c3c4ccc(O)c3O[C@H]1C(OC(=O)[C@@H](O)CC(=O)O[C@@H](C)C(=O)O[C@H](CC(=O)O)C(=O)O)=CC[C@@]2(O)[C@H](NC)C4. The number of phenols is 1. The molecule has 2 aliphatic carbocycles. The minimum Gasteiger partial charge on any atom is -0.504 e. The van der Waals surface area contributed by atoms with E-state index in [-0.39, 0.29) is 23.7 Å². The second-order valence-electron chi connectivity index (χ2n) is 10.7. The molecule has 43 heavy (non-hydrogen) atoms. The number of esters is 3. The highest BCUT2D eigenvalue weighted by Gasteiger charge is 2.69. The number of aliphatic hydroxyl groups is 2. The molecule has 4 rings (SSSR count). The third kappa shape index (κ3) is 5.39. The lowest BCUT2D eigenvalue weighted by Gasteiger charge is -2.56. The predicted octanol–water partition coefficient (Wildman–Crippen LogP) is -0.339. The lowest BCUT2D eigenvalue weighted by molar-refractivity contribution is -0.179. The summed E-state index contributed by atoms with van der Waals surface area (Å²) < 4.78 is 21.0. The van der Waals surface area contributed by atoms with Crippen LogP contribution in [0.3, 0.4) is 0 Å². The molecule has 15 heteroatoms. The molecule has 15 nitrogen and oxygen atoms in total. The molecule has 3 aliphatic rings. The highest BCUT2D eigenvalue weighted by Crippen LogP contribution is 2.63. The number of carboxylic acids is 2. The highest BCUT2D eigenvalue weighted by atomic mass is 16.6. The van der Waals surface area contributed by atoms with E-state index < -0.39 is 84.2 Å². The van der Waals surface area contributed by atoms with Crippen LogP contribution in [0.25, 0.3) is 0 Å². The van der Waals surface area contributed by atoms with Crippen LogP contribution in [-0.2, 0) is 50.0 Å². The Bertz CT molecular complexity index is 1370. The van der Waals surface area contributed by atoms with Crippen LogP contribution in [0.15, 0.2) is 24.0 Å². The van der Waals surface area contributed by atoms with Crippen LogP contribution in [-0.4, -0.2) is 98.5 Å². The Labute approximate surface area is 245 Å². The predicted molar refractivity (Wildman–Crippen MR) is 141 cm³/mol. The number of phenolic OH excluding ortho intramolecular Hbond substituents is 1. The fourth-order valence-electron chi connectivity index (χ4n) is 6.27. The molecule has 6 N–H and O–H groups in total.